The van der Waals surface area contributed by atoms with Gasteiger partial charge in [0.05, 0.1) is 13.8 Å². The highest BCUT2D eigenvalue weighted by atomic mass is 28.3. The predicted molar refractivity (Wildman–Crippen MR) is 105 cm³/mol. The van der Waals surface area contributed by atoms with E-state index < -0.39 is 14.9 Å². The van der Waals surface area contributed by atoms with Crippen LogP contribution in [0.4, 0.5) is 0 Å². The van der Waals surface area contributed by atoms with Crippen LogP contribution in [0.3, 0.4) is 0 Å². The molecule has 0 unspecified atom stereocenters. The summed E-state index contributed by atoms with van der Waals surface area (Å²) >= 11 is 0. The first-order valence-corrected chi connectivity index (χ1v) is 11.6. The van der Waals surface area contributed by atoms with Crippen molar-refractivity contribution in [1.82, 2.24) is 4.98 Å². The number of fused-ring (bicyclic) bond motifs is 3. The van der Waals surface area contributed by atoms with Gasteiger partial charge in [-0.15, -0.1) is 0 Å². The third-order valence-electron chi connectivity index (χ3n) is 4.37. The molecule has 2 aromatic heterocycles. The number of nitrogens with zero attached hydrogens (tertiary/aromatic N) is 1. The van der Waals surface area contributed by atoms with Gasteiger partial charge in [0.25, 0.3) is 0 Å². The van der Waals surface area contributed by atoms with Gasteiger partial charge in [-0.25, -0.2) is 0 Å². The average molecular weight is 335 g/mol. The van der Waals surface area contributed by atoms with Crippen molar-refractivity contribution < 1.29 is 8.53 Å². The lowest BCUT2D eigenvalue weighted by atomic mass is 10.1. The van der Waals surface area contributed by atoms with Crippen molar-refractivity contribution in [2.75, 3.05) is 0 Å². The van der Waals surface area contributed by atoms with Crippen LogP contribution < -0.4 is 5.19 Å². The first-order valence-electron chi connectivity index (χ1n) is 9.58. The van der Waals surface area contributed by atoms with E-state index in [1.807, 2.05) is 18.2 Å². The van der Waals surface area contributed by atoms with Gasteiger partial charge in [-0.3, -0.25) is 4.98 Å². The van der Waals surface area contributed by atoms with Crippen LogP contribution in [-0.2, 0) is 0 Å². The van der Waals surface area contributed by atoms with Crippen molar-refractivity contribution in [1.29, 1.82) is 0 Å². The molecule has 0 bridgehead atoms. The van der Waals surface area contributed by atoms with Gasteiger partial charge in [-0.1, -0.05) is 50.0 Å². The maximum Gasteiger partial charge on any atom is 0.144 e. The van der Waals surface area contributed by atoms with Crippen LogP contribution >= 0.6 is 0 Å². The van der Waals surface area contributed by atoms with E-state index in [1.54, 1.807) is 12.1 Å². The second-order valence-corrected chi connectivity index (χ2v) is 12.2. The summed E-state index contributed by atoms with van der Waals surface area (Å²) in [6.45, 7) is 4.83. The molecule has 2 heterocycles. The van der Waals surface area contributed by atoms with Crippen molar-refractivity contribution in [3.8, 4) is 11.3 Å². The first-order chi connectivity index (χ1) is 12.7. The highest BCUT2D eigenvalue weighted by Crippen LogP contribution is 2.35. The summed E-state index contributed by atoms with van der Waals surface area (Å²) in [6, 6.07) is 15.7. The first kappa shape index (κ1) is 12.0. The van der Waals surface area contributed by atoms with Crippen LogP contribution in [0.5, 0.6) is 0 Å². The average Bonchev–Trinajstić information content (AvgIpc) is 2.99. The van der Waals surface area contributed by atoms with Crippen LogP contribution in [0.1, 0.15) is 9.68 Å². The minimum absolute atomic E-state index is 0.241. The standard InChI is InChI=1S/C21H21NOSi/c1-14-9-11-17(22-13-14)15-10-12-19(24(2,3)4)20-16-7-5-6-8-18(16)23-21(15)20/h5-13H,1-4H3/i1D3. The molecule has 3 heteroatoms. The molecule has 0 aliphatic heterocycles. The quantitative estimate of drug-likeness (QED) is 0.452. The Kier molecular flexibility index (Phi) is 2.67. The smallest absolute Gasteiger partial charge is 0.144 e. The molecule has 2 nitrogen and oxygen atoms in total. The second-order valence-electron chi connectivity index (χ2n) is 7.15. The fourth-order valence-corrected chi connectivity index (χ4v) is 4.79. The van der Waals surface area contributed by atoms with Crippen LogP contribution in [0.25, 0.3) is 33.2 Å². The zero-order chi connectivity index (χ0) is 19.4. The molecule has 4 aromatic rings. The molecule has 0 N–H and O–H groups in total. The van der Waals surface area contributed by atoms with E-state index in [1.165, 1.54) is 11.4 Å². The van der Waals surface area contributed by atoms with Gasteiger partial charge >= 0.3 is 0 Å². The van der Waals surface area contributed by atoms with E-state index in [0.29, 0.717) is 5.69 Å². The molecule has 0 amide bonds. The Morgan fingerprint density at radius 3 is 2.54 bits per heavy atom. The van der Waals surface area contributed by atoms with Gasteiger partial charge in [0.1, 0.15) is 11.2 Å². The fourth-order valence-electron chi connectivity index (χ4n) is 3.21. The van der Waals surface area contributed by atoms with Crippen molar-refractivity contribution in [2.45, 2.75) is 26.5 Å². The molecule has 0 fully saturated rings. The Morgan fingerprint density at radius 2 is 1.83 bits per heavy atom. The normalized spacial score (nSPS) is 14.5. The van der Waals surface area contributed by atoms with Crippen molar-refractivity contribution in [2.24, 2.45) is 0 Å². The molecule has 0 aliphatic carbocycles. The molecule has 0 radical (unpaired) electrons. The SMILES string of the molecule is [2H]C([2H])([2H])c1ccc(-c2ccc([Si](C)(C)C)c3c2oc2ccccc23)nc1. The summed E-state index contributed by atoms with van der Waals surface area (Å²) in [5, 5.41) is 3.63. The molecular formula is C21H21NOSi. The van der Waals surface area contributed by atoms with Crippen molar-refractivity contribution in [3.63, 3.8) is 0 Å². The van der Waals surface area contributed by atoms with Crippen LogP contribution in [-0.4, -0.2) is 13.1 Å². The predicted octanol–water partition coefficient (Wildman–Crippen LogP) is 5.50. The topological polar surface area (TPSA) is 26.0 Å². The molecule has 0 saturated heterocycles. The number of para-hydroxylation sites is 1. The number of furan rings is 1. The monoisotopic (exact) mass is 334 g/mol. The molecule has 2 aromatic carbocycles. The summed E-state index contributed by atoms with van der Waals surface area (Å²) in [6.07, 6.45) is 1.43. The Labute approximate surface area is 147 Å². The second kappa shape index (κ2) is 5.31. The Balaban J connectivity index is 2.00. The summed E-state index contributed by atoms with van der Waals surface area (Å²) in [4.78, 5) is 4.42. The Morgan fingerprint density at radius 1 is 1.00 bits per heavy atom. The van der Waals surface area contributed by atoms with E-state index in [-0.39, 0.29) is 5.56 Å². The van der Waals surface area contributed by atoms with Crippen molar-refractivity contribution in [3.05, 3.63) is 60.3 Å². The van der Waals surface area contributed by atoms with Gasteiger partial charge in [0, 0.05) is 26.6 Å². The van der Waals surface area contributed by atoms with Crippen LogP contribution in [0.15, 0.2) is 59.1 Å². The van der Waals surface area contributed by atoms with Gasteiger partial charge in [0.15, 0.2) is 0 Å². The number of aromatic nitrogens is 1. The van der Waals surface area contributed by atoms with Gasteiger partial charge in [-0.2, -0.15) is 0 Å². The Hall–Kier alpha value is -2.39. The minimum Gasteiger partial charge on any atom is -0.455 e. The number of benzene rings is 2. The third-order valence-corrected chi connectivity index (χ3v) is 6.41. The molecule has 0 aliphatic rings. The van der Waals surface area contributed by atoms with Gasteiger partial charge in [0.2, 0.25) is 0 Å². The van der Waals surface area contributed by atoms with E-state index >= 15 is 0 Å². The fraction of sp³-hybridized carbons (Fsp3) is 0.190. The zero-order valence-corrected chi connectivity index (χ0v) is 15.1. The van der Waals surface area contributed by atoms with E-state index in [4.69, 9.17) is 8.53 Å². The van der Waals surface area contributed by atoms with Crippen LogP contribution in [0, 0.1) is 6.85 Å². The lowest BCUT2D eigenvalue weighted by Gasteiger charge is -2.18. The molecule has 0 saturated carbocycles. The summed E-state index contributed by atoms with van der Waals surface area (Å²) in [7, 11) is -1.59. The lowest BCUT2D eigenvalue weighted by molar-refractivity contribution is 0.670. The number of hydrogen-bond donors (Lipinski definition) is 0. The van der Waals surface area contributed by atoms with E-state index in [2.05, 4.69) is 42.8 Å². The molecule has 4 rings (SSSR count). The lowest BCUT2D eigenvalue weighted by Crippen LogP contribution is -2.37. The molecule has 0 spiro atoms. The highest BCUT2D eigenvalue weighted by molar-refractivity contribution is 6.90. The van der Waals surface area contributed by atoms with E-state index in [9.17, 15) is 0 Å². The van der Waals surface area contributed by atoms with Gasteiger partial charge < -0.3 is 4.42 Å². The maximum atomic E-state index is 7.53. The maximum absolute atomic E-state index is 7.53. The summed E-state index contributed by atoms with van der Waals surface area (Å²) in [5.74, 6) is 0. The van der Waals surface area contributed by atoms with Crippen molar-refractivity contribution >= 4 is 35.2 Å². The number of aryl methyl sites for hydroxylation is 1. The number of pyridine rings is 1. The summed E-state index contributed by atoms with van der Waals surface area (Å²) < 4.78 is 28.8. The summed E-state index contributed by atoms with van der Waals surface area (Å²) in [5.41, 5.74) is 3.53. The number of rotatable bonds is 2. The molecule has 120 valence electrons. The van der Waals surface area contributed by atoms with Gasteiger partial charge in [-0.05, 0) is 35.8 Å². The van der Waals surface area contributed by atoms with Crippen LogP contribution in [0.2, 0.25) is 19.6 Å². The molecule has 0 atom stereocenters. The Bertz CT molecular complexity index is 1140. The minimum atomic E-state index is -2.15. The molecular weight excluding hydrogens is 310 g/mol. The largest absolute Gasteiger partial charge is 0.455 e. The zero-order valence-electron chi connectivity index (χ0n) is 17.1. The van der Waals surface area contributed by atoms with E-state index in [0.717, 1.165) is 27.5 Å². The highest BCUT2D eigenvalue weighted by Gasteiger charge is 2.24. The third kappa shape index (κ3) is 2.36. The molecule has 24 heavy (non-hydrogen) atoms. The number of hydrogen-bond acceptors (Lipinski definition) is 2.